The lowest BCUT2D eigenvalue weighted by molar-refractivity contribution is 0.0963. The number of thiazole rings is 1. The molecule has 2 aromatic carbocycles. The molecule has 0 spiro atoms. The molecule has 6 nitrogen and oxygen atoms in total. The Balaban J connectivity index is 1.83. The average Bonchev–Trinajstić information content (AvgIpc) is 3.18. The van der Waals surface area contributed by atoms with Crippen LogP contribution in [-0.4, -0.2) is 26.4 Å². The maximum absolute atomic E-state index is 12.2. The molecule has 1 heterocycles. The monoisotopic (exact) mass is 419 g/mol. The molecule has 0 saturated carbocycles. The fourth-order valence-electron chi connectivity index (χ4n) is 2.43. The molecule has 0 aliphatic carbocycles. The van der Waals surface area contributed by atoms with E-state index in [-0.39, 0.29) is 11.7 Å². The SMILES string of the molecule is CNC(=O)c1ccc(CSS(=O)(=O)Nc2nccs2)cc1-c1ccccc1. The molecular weight excluding hydrogens is 402 g/mol. The normalized spacial score (nSPS) is 11.1. The van der Waals surface area contributed by atoms with E-state index >= 15 is 0 Å². The van der Waals surface area contributed by atoms with Crippen LogP contribution < -0.4 is 10.0 Å². The Kier molecular flexibility index (Phi) is 6.15. The zero-order valence-corrected chi connectivity index (χ0v) is 16.8. The number of hydrogen-bond acceptors (Lipinski definition) is 6. The molecule has 1 aromatic heterocycles. The van der Waals surface area contributed by atoms with Crippen molar-refractivity contribution in [2.24, 2.45) is 0 Å². The van der Waals surface area contributed by atoms with Gasteiger partial charge in [0.25, 0.3) is 15.0 Å². The Morgan fingerprint density at radius 3 is 2.63 bits per heavy atom. The number of carbonyl (C=O) groups is 1. The molecule has 0 unspecified atom stereocenters. The number of aromatic nitrogens is 1. The highest BCUT2D eigenvalue weighted by atomic mass is 33.1. The van der Waals surface area contributed by atoms with Crippen molar-refractivity contribution >= 4 is 42.2 Å². The van der Waals surface area contributed by atoms with Gasteiger partial charge in [0.2, 0.25) is 0 Å². The lowest BCUT2D eigenvalue weighted by Gasteiger charge is -2.11. The van der Waals surface area contributed by atoms with Gasteiger partial charge >= 0.3 is 0 Å². The number of hydrogen-bond donors (Lipinski definition) is 2. The summed E-state index contributed by atoms with van der Waals surface area (Å²) in [5, 5.41) is 4.67. The summed E-state index contributed by atoms with van der Waals surface area (Å²) in [5.41, 5.74) is 3.00. The van der Waals surface area contributed by atoms with Crippen molar-refractivity contribution in [2.75, 3.05) is 11.8 Å². The highest BCUT2D eigenvalue weighted by Gasteiger charge is 2.16. The van der Waals surface area contributed by atoms with E-state index in [1.54, 1.807) is 24.6 Å². The Morgan fingerprint density at radius 1 is 1.19 bits per heavy atom. The minimum absolute atomic E-state index is 0.189. The van der Waals surface area contributed by atoms with Gasteiger partial charge in [-0.25, -0.2) is 9.71 Å². The third-order valence-electron chi connectivity index (χ3n) is 3.67. The molecule has 140 valence electrons. The van der Waals surface area contributed by atoms with Crippen LogP contribution in [0.2, 0.25) is 0 Å². The molecule has 2 N–H and O–H groups in total. The second kappa shape index (κ2) is 8.55. The highest BCUT2D eigenvalue weighted by molar-refractivity contribution is 8.72. The van der Waals surface area contributed by atoms with Crippen LogP contribution in [0.15, 0.2) is 60.1 Å². The summed E-state index contributed by atoms with van der Waals surface area (Å²) in [4.78, 5) is 16.1. The summed E-state index contributed by atoms with van der Waals surface area (Å²) in [6, 6.07) is 14.9. The summed E-state index contributed by atoms with van der Waals surface area (Å²) in [5.74, 6) is 0.0558. The standard InChI is InChI=1S/C18H17N3O3S3/c1-19-17(22)15-8-7-13(11-16(15)14-5-3-2-4-6-14)12-26-27(23,24)21-18-20-9-10-25-18/h2-11H,12H2,1H3,(H,19,22)(H,20,21). The zero-order chi connectivity index (χ0) is 19.3. The number of benzene rings is 2. The summed E-state index contributed by atoms with van der Waals surface area (Å²) in [6.45, 7) is 0. The first-order valence-electron chi connectivity index (χ1n) is 7.95. The maximum atomic E-state index is 12.2. The van der Waals surface area contributed by atoms with Gasteiger partial charge in [0.1, 0.15) is 0 Å². The Morgan fingerprint density at radius 2 is 1.96 bits per heavy atom. The van der Waals surface area contributed by atoms with Crippen LogP contribution >= 0.6 is 22.1 Å². The summed E-state index contributed by atoms with van der Waals surface area (Å²) in [6.07, 6.45) is 1.54. The lowest BCUT2D eigenvalue weighted by Crippen LogP contribution is -2.18. The van der Waals surface area contributed by atoms with E-state index in [2.05, 4.69) is 15.0 Å². The number of anilines is 1. The van der Waals surface area contributed by atoms with Crippen LogP contribution in [0.3, 0.4) is 0 Å². The quantitative estimate of drug-likeness (QED) is 0.569. The Hall–Kier alpha value is -2.36. The number of amides is 1. The maximum Gasteiger partial charge on any atom is 0.288 e. The molecule has 27 heavy (non-hydrogen) atoms. The first kappa shape index (κ1) is 19.4. The number of rotatable bonds is 7. The summed E-state index contributed by atoms with van der Waals surface area (Å²) in [7, 11) is -1.21. The molecular formula is C18H17N3O3S3. The van der Waals surface area contributed by atoms with Crippen molar-refractivity contribution in [1.29, 1.82) is 0 Å². The number of nitrogens with zero attached hydrogens (tertiary/aromatic N) is 1. The van der Waals surface area contributed by atoms with E-state index in [4.69, 9.17) is 0 Å². The minimum Gasteiger partial charge on any atom is -0.355 e. The molecule has 0 aliphatic rings. The molecule has 0 atom stereocenters. The first-order valence-corrected chi connectivity index (χ1v) is 11.8. The van der Waals surface area contributed by atoms with E-state index < -0.39 is 9.06 Å². The van der Waals surface area contributed by atoms with Crippen molar-refractivity contribution in [3.8, 4) is 11.1 Å². The molecule has 0 aliphatic heterocycles. The van der Waals surface area contributed by atoms with Gasteiger partial charge in [0, 0.05) is 29.9 Å². The second-order valence-corrected chi connectivity index (χ2v) is 10.0. The highest BCUT2D eigenvalue weighted by Crippen LogP contribution is 2.28. The van der Waals surface area contributed by atoms with Crippen molar-refractivity contribution in [2.45, 2.75) is 5.75 Å². The molecule has 1 amide bonds. The van der Waals surface area contributed by atoms with E-state index in [1.165, 1.54) is 17.5 Å². The zero-order valence-electron chi connectivity index (χ0n) is 14.4. The van der Waals surface area contributed by atoms with Gasteiger partial charge in [-0.05, 0) is 39.6 Å². The average molecular weight is 420 g/mol. The van der Waals surface area contributed by atoms with Gasteiger partial charge in [0.15, 0.2) is 5.13 Å². The second-order valence-electron chi connectivity index (χ2n) is 5.48. The summed E-state index contributed by atoms with van der Waals surface area (Å²) >= 11 is 1.22. The topological polar surface area (TPSA) is 88.2 Å². The van der Waals surface area contributed by atoms with Gasteiger partial charge in [-0.3, -0.25) is 4.79 Å². The minimum atomic E-state index is -3.58. The van der Waals surface area contributed by atoms with Gasteiger partial charge < -0.3 is 5.32 Å². The van der Waals surface area contributed by atoms with Crippen molar-refractivity contribution in [1.82, 2.24) is 10.3 Å². The van der Waals surface area contributed by atoms with Crippen molar-refractivity contribution in [3.05, 3.63) is 71.2 Å². The first-order chi connectivity index (χ1) is 13.0. The third-order valence-corrected chi connectivity index (χ3v) is 7.22. The predicted octanol–water partition coefficient (Wildman–Crippen LogP) is 3.76. The number of carbonyl (C=O) groups excluding carboxylic acids is 1. The van der Waals surface area contributed by atoms with Crippen LogP contribution in [0.4, 0.5) is 5.13 Å². The third kappa shape index (κ3) is 5.09. The fraction of sp³-hybridized carbons (Fsp3) is 0.111. The van der Waals surface area contributed by atoms with E-state index in [1.807, 2.05) is 36.4 Å². The van der Waals surface area contributed by atoms with E-state index in [0.717, 1.165) is 27.5 Å². The predicted molar refractivity (Wildman–Crippen MR) is 111 cm³/mol. The van der Waals surface area contributed by atoms with Crippen molar-refractivity contribution < 1.29 is 13.2 Å². The molecule has 0 saturated heterocycles. The van der Waals surface area contributed by atoms with Gasteiger partial charge in [-0.1, -0.05) is 36.4 Å². The smallest absolute Gasteiger partial charge is 0.288 e. The van der Waals surface area contributed by atoms with Gasteiger partial charge in [-0.2, -0.15) is 8.42 Å². The van der Waals surface area contributed by atoms with Crippen LogP contribution in [0.5, 0.6) is 0 Å². The van der Waals surface area contributed by atoms with Gasteiger partial charge in [0.05, 0.1) is 0 Å². The largest absolute Gasteiger partial charge is 0.355 e. The number of nitrogens with one attached hydrogen (secondary N) is 2. The van der Waals surface area contributed by atoms with Crippen molar-refractivity contribution in [3.63, 3.8) is 0 Å². The van der Waals surface area contributed by atoms with Crippen LogP contribution in [-0.2, 0) is 14.8 Å². The fourth-order valence-corrected chi connectivity index (χ4v) is 5.56. The van der Waals surface area contributed by atoms with E-state index in [0.29, 0.717) is 10.7 Å². The summed E-state index contributed by atoms with van der Waals surface area (Å²) < 4.78 is 26.8. The van der Waals surface area contributed by atoms with Crippen LogP contribution in [0.1, 0.15) is 15.9 Å². The molecule has 0 radical (unpaired) electrons. The molecule has 3 rings (SSSR count). The van der Waals surface area contributed by atoms with Crippen LogP contribution in [0.25, 0.3) is 11.1 Å². The lowest BCUT2D eigenvalue weighted by atomic mass is 9.97. The molecule has 0 bridgehead atoms. The molecule has 0 fully saturated rings. The van der Waals surface area contributed by atoms with Crippen LogP contribution in [0, 0.1) is 0 Å². The van der Waals surface area contributed by atoms with Gasteiger partial charge in [-0.15, -0.1) is 11.3 Å². The van der Waals surface area contributed by atoms with E-state index in [9.17, 15) is 13.2 Å². The Bertz CT molecular complexity index is 1020. The molecule has 3 aromatic rings. The molecule has 9 heteroatoms. The Labute approximate surface area is 165 Å².